The summed E-state index contributed by atoms with van der Waals surface area (Å²) in [6, 6.07) is 0. The Morgan fingerprint density at radius 2 is 0.615 bits per heavy atom. The molecule has 0 radical (unpaired) electrons. The largest absolute Gasteiger partial charge is 1.00 e. The SMILES string of the molecule is C1CNCCNCCNCCN1.[H-].[K+]. The molecule has 0 aromatic rings. The maximum Gasteiger partial charge on any atom is 1.00 e. The van der Waals surface area contributed by atoms with Gasteiger partial charge in [-0.15, -0.1) is 0 Å². The van der Waals surface area contributed by atoms with Crippen LogP contribution in [-0.2, 0) is 0 Å². The molecule has 1 fully saturated rings. The van der Waals surface area contributed by atoms with E-state index in [4.69, 9.17) is 0 Å². The summed E-state index contributed by atoms with van der Waals surface area (Å²) >= 11 is 0. The summed E-state index contributed by atoms with van der Waals surface area (Å²) in [5, 5.41) is 13.4. The molecule has 1 aliphatic heterocycles. The van der Waals surface area contributed by atoms with Crippen LogP contribution >= 0.6 is 0 Å². The van der Waals surface area contributed by atoms with Crippen LogP contribution in [0.15, 0.2) is 0 Å². The molecule has 4 nitrogen and oxygen atoms in total. The third-order valence-corrected chi connectivity index (χ3v) is 1.91. The fourth-order valence-corrected chi connectivity index (χ4v) is 1.21. The van der Waals surface area contributed by atoms with E-state index in [0.29, 0.717) is 0 Å². The van der Waals surface area contributed by atoms with Gasteiger partial charge in [-0.25, -0.2) is 0 Å². The van der Waals surface area contributed by atoms with E-state index in [9.17, 15) is 0 Å². The van der Waals surface area contributed by atoms with Crippen LogP contribution in [0.3, 0.4) is 0 Å². The molecule has 13 heavy (non-hydrogen) atoms. The van der Waals surface area contributed by atoms with Gasteiger partial charge >= 0.3 is 51.4 Å². The molecule has 0 bridgehead atoms. The fourth-order valence-electron chi connectivity index (χ4n) is 1.21. The van der Waals surface area contributed by atoms with Gasteiger partial charge in [-0.05, 0) is 0 Å². The summed E-state index contributed by atoms with van der Waals surface area (Å²) in [5.41, 5.74) is 0. The third kappa shape index (κ3) is 9.77. The molecule has 0 aromatic carbocycles. The van der Waals surface area contributed by atoms with E-state index in [-0.39, 0.29) is 52.8 Å². The molecule has 1 aliphatic rings. The van der Waals surface area contributed by atoms with Gasteiger partial charge in [0.05, 0.1) is 0 Å². The van der Waals surface area contributed by atoms with Crippen LogP contribution in [0.4, 0.5) is 0 Å². The van der Waals surface area contributed by atoms with Crippen molar-refractivity contribution in [3.05, 3.63) is 0 Å². The average Bonchev–Trinajstić information content (AvgIpc) is 2.05. The van der Waals surface area contributed by atoms with Crippen molar-refractivity contribution in [3.8, 4) is 0 Å². The topological polar surface area (TPSA) is 48.1 Å². The predicted molar refractivity (Wildman–Crippen MR) is 52.6 cm³/mol. The molecule has 0 aliphatic carbocycles. The van der Waals surface area contributed by atoms with Crippen LogP contribution in [-0.4, -0.2) is 52.4 Å². The van der Waals surface area contributed by atoms with Crippen LogP contribution in [0, 0.1) is 0 Å². The summed E-state index contributed by atoms with van der Waals surface area (Å²) in [4.78, 5) is 0. The van der Waals surface area contributed by atoms with Gasteiger partial charge in [0.1, 0.15) is 0 Å². The van der Waals surface area contributed by atoms with Gasteiger partial charge in [-0.1, -0.05) is 0 Å². The molecule has 1 heterocycles. The summed E-state index contributed by atoms with van der Waals surface area (Å²) in [6.07, 6.45) is 0. The van der Waals surface area contributed by atoms with E-state index in [0.717, 1.165) is 52.4 Å². The van der Waals surface area contributed by atoms with Crippen molar-refractivity contribution in [3.63, 3.8) is 0 Å². The van der Waals surface area contributed by atoms with Crippen molar-refractivity contribution >= 4 is 0 Å². The molecule has 0 unspecified atom stereocenters. The van der Waals surface area contributed by atoms with Crippen molar-refractivity contribution in [1.29, 1.82) is 0 Å². The number of hydrogen-bond acceptors (Lipinski definition) is 4. The van der Waals surface area contributed by atoms with Crippen LogP contribution in [0.25, 0.3) is 0 Å². The van der Waals surface area contributed by atoms with Crippen molar-refractivity contribution < 1.29 is 52.8 Å². The Hall–Kier alpha value is 1.48. The van der Waals surface area contributed by atoms with E-state index in [1.165, 1.54) is 0 Å². The molecule has 4 N–H and O–H groups in total. The Morgan fingerprint density at radius 1 is 0.462 bits per heavy atom. The molecule has 1 saturated heterocycles. The normalized spacial score (nSPS) is 22.2. The summed E-state index contributed by atoms with van der Waals surface area (Å²) in [5.74, 6) is 0. The Labute approximate surface area is 125 Å². The summed E-state index contributed by atoms with van der Waals surface area (Å²) in [7, 11) is 0. The number of hydrogen-bond donors (Lipinski definition) is 4. The first-order chi connectivity index (χ1) is 6.00. The Kier molecular flexibility index (Phi) is 12.9. The molecule has 0 saturated carbocycles. The van der Waals surface area contributed by atoms with Crippen molar-refractivity contribution in [2.45, 2.75) is 0 Å². The van der Waals surface area contributed by atoms with Crippen LogP contribution in [0.2, 0.25) is 0 Å². The minimum absolute atomic E-state index is 0. The van der Waals surface area contributed by atoms with Gasteiger partial charge in [-0.2, -0.15) is 0 Å². The fraction of sp³-hybridized carbons (Fsp3) is 1.00. The first-order valence-corrected chi connectivity index (χ1v) is 4.83. The maximum atomic E-state index is 3.36. The van der Waals surface area contributed by atoms with E-state index in [1.807, 2.05) is 0 Å². The van der Waals surface area contributed by atoms with E-state index in [1.54, 1.807) is 0 Å². The zero-order chi connectivity index (χ0) is 8.49. The second-order valence-corrected chi connectivity index (χ2v) is 3.00. The van der Waals surface area contributed by atoms with Crippen LogP contribution < -0.4 is 72.7 Å². The quantitative estimate of drug-likeness (QED) is 0.306. The Bertz CT molecular complexity index is 64.3. The minimum Gasteiger partial charge on any atom is -1.00 e. The van der Waals surface area contributed by atoms with Gasteiger partial charge in [0.15, 0.2) is 0 Å². The average molecular weight is 212 g/mol. The van der Waals surface area contributed by atoms with Gasteiger partial charge in [-0.3, -0.25) is 0 Å². The monoisotopic (exact) mass is 212 g/mol. The number of rotatable bonds is 0. The molecular formula is C8H21KN4. The molecule has 0 amide bonds. The summed E-state index contributed by atoms with van der Waals surface area (Å²) in [6.45, 7) is 8.57. The Balaban J connectivity index is 0. The Morgan fingerprint density at radius 3 is 0.769 bits per heavy atom. The van der Waals surface area contributed by atoms with Gasteiger partial charge < -0.3 is 22.7 Å². The van der Waals surface area contributed by atoms with E-state index < -0.39 is 0 Å². The third-order valence-electron chi connectivity index (χ3n) is 1.91. The van der Waals surface area contributed by atoms with Crippen molar-refractivity contribution in [2.24, 2.45) is 0 Å². The zero-order valence-electron chi connectivity index (χ0n) is 9.66. The first kappa shape index (κ1) is 14.5. The van der Waals surface area contributed by atoms with E-state index in [2.05, 4.69) is 21.3 Å². The molecule has 1 rings (SSSR count). The first-order valence-electron chi connectivity index (χ1n) is 4.83. The second kappa shape index (κ2) is 11.6. The second-order valence-electron chi connectivity index (χ2n) is 3.00. The minimum atomic E-state index is 0. The zero-order valence-corrected chi connectivity index (χ0v) is 11.8. The summed E-state index contributed by atoms with van der Waals surface area (Å²) < 4.78 is 0. The van der Waals surface area contributed by atoms with Crippen molar-refractivity contribution in [2.75, 3.05) is 52.4 Å². The molecule has 5 heteroatoms. The predicted octanol–water partition coefficient (Wildman–Crippen LogP) is -4.53. The van der Waals surface area contributed by atoms with Gasteiger partial charge in [0.25, 0.3) is 0 Å². The maximum absolute atomic E-state index is 3.36. The molecule has 0 aromatic heterocycles. The van der Waals surface area contributed by atoms with Gasteiger partial charge in [0.2, 0.25) is 0 Å². The van der Waals surface area contributed by atoms with Crippen LogP contribution in [0.5, 0.6) is 0 Å². The molecule has 0 atom stereocenters. The standard InChI is InChI=1S/C8H20N4.K.H/c1-2-10-5-6-12-8-7-11-4-3-9-1;;/h9-12H,1-8H2;;/q;+1;-1. The number of nitrogens with one attached hydrogen (secondary N) is 4. The molecular weight excluding hydrogens is 191 g/mol. The van der Waals surface area contributed by atoms with Crippen molar-refractivity contribution in [1.82, 2.24) is 21.3 Å². The molecule has 74 valence electrons. The van der Waals surface area contributed by atoms with Gasteiger partial charge in [0, 0.05) is 52.4 Å². The van der Waals surface area contributed by atoms with E-state index >= 15 is 0 Å². The molecule has 0 spiro atoms. The van der Waals surface area contributed by atoms with Crippen LogP contribution in [0.1, 0.15) is 1.43 Å². The smallest absolute Gasteiger partial charge is 1.00 e.